The van der Waals surface area contributed by atoms with Gasteiger partial charge in [0.15, 0.2) is 5.76 Å². The van der Waals surface area contributed by atoms with Gasteiger partial charge in [-0.15, -0.1) is 0 Å². The van der Waals surface area contributed by atoms with Crippen molar-refractivity contribution in [2.45, 2.75) is 6.54 Å². The molecule has 0 spiro atoms. The highest BCUT2D eigenvalue weighted by molar-refractivity contribution is 5.93. The number of hydrogen-bond acceptors (Lipinski definition) is 6. The smallest absolute Gasteiger partial charge is 0.270 e. The molecule has 8 heteroatoms. The molecular formula is C19H15N5O3. The monoisotopic (exact) mass is 361 g/mol. The molecule has 0 aliphatic rings. The molecule has 4 aromatic heterocycles. The van der Waals surface area contributed by atoms with Crippen molar-refractivity contribution in [2.24, 2.45) is 0 Å². The van der Waals surface area contributed by atoms with Crippen molar-refractivity contribution in [3.05, 3.63) is 82.9 Å². The van der Waals surface area contributed by atoms with Crippen LogP contribution in [0.4, 0.5) is 0 Å². The van der Waals surface area contributed by atoms with Crippen LogP contribution in [-0.4, -0.2) is 37.4 Å². The van der Waals surface area contributed by atoms with Gasteiger partial charge in [0, 0.05) is 43.5 Å². The van der Waals surface area contributed by atoms with E-state index in [1.807, 2.05) is 12.1 Å². The Balaban J connectivity index is 1.56. The first-order valence-electron chi connectivity index (χ1n) is 8.21. The Morgan fingerprint density at radius 1 is 1.22 bits per heavy atom. The Morgan fingerprint density at radius 2 is 2.04 bits per heavy atom. The molecule has 1 amide bonds. The standard InChI is InChI=1S/C19H15N5O3/c1-23(12-14-10-16(22-27-14)13-5-7-20-8-6-13)18(25)15-11-21-17-4-2-3-9-24(17)19(15)26/h2-11H,12H2,1H3. The average molecular weight is 361 g/mol. The zero-order valence-electron chi connectivity index (χ0n) is 14.4. The van der Waals surface area contributed by atoms with E-state index in [-0.39, 0.29) is 12.1 Å². The number of amides is 1. The van der Waals surface area contributed by atoms with Gasteiger partial charge in [-0.25, -0.2) is 4.98 Å². The lowest BCUT2D eigenvalue weighted by molar-refractivity contribution is 0.0770. The van der Waals surface area contributed by atoms with Crippen LogP contribution < -0.4 is 5.56 Å². The normalized spacial score (nSPS) is 10.9. The van der Waals surface area contributed by atoms with Gasteiger partial charge in [-0.2, -0.15) is 0 Å². The van der Waals surface area contributed by atoms with Gasteiger partial charge in [-0.05, 0) is 24.3 Å². The van der Waals surface area contributed by atoms with Gasteiger partial charge in [-0.1, -0.05) is 11.2 Å². The minimum absolute atomic E-state index is 0.00456. The molecule has 0 radical (unpaired) electrons. The maximum absolute atomic E-state index is 12.7. The summed E-state index contributed by atoms with van der Waals surface area (Å²) in [7, 11) is 1.59. The van der Waals surface area contributed by atoms with Gasteiger partial charge in [0.1, 0.15) is 16.9 Å². The van der Waals surface area contributed by atoms with Crippen molar-refractivity contribution in [2.75, 3.05) is 7.05 Å². The number of carbonyl (C=O) groups is 1. The summed E-state index contributed by atoms with van der Waals surface area (Å²) < 4.78 is 6.66. The molecule has 0 saturated heterocycles. The summed E-state index contributed by atoms with van der Waals surface area (Å²) in [6.07, 6.45) is 6.22. The lowest BCUT2D eigenvalue weighted by Crippen LogP contribution is -2.32. The number of hydrogen-bond donors (Lipinski definition) is 0. The molecular weight excluding hydrogens is 346 g/mol. The summed E-state index contributed by atoms with van der Waals surface area (Å²) in [5, 5.41) is 4.01. The Hall–Kier alpha value is -3.81. The first kappa shape index (κ1) is 16.6. The lowest BCUT2D eigenvalue weighted by Gasteiger charge is -2.15. The minimum atomic E-state index is -0.437. The summed E-state index contributed by atoms with van der Waals surface area (Å²) >= 11 is 0. The molecule has 134 valence electrons. The van der Waals surface area contributed by atoms with E-state index >= 15 is 0 Å². The van der Waals surface area contributed by atoms with E-state index in [1.165, 1.54) is 15.5 Å². The fourth-order valence-corrected chi connectivity index (χ4v) is 2.73. The number of carbonyl (C=O) groups excluding carboxylic acids is 1. The molecule has 27 heavy (non-hydrogen) atoms. The highest BCUT2D eigenvalue weighted by Gasteiger charge is 2.19. The second kappa shape index (κ2) is 6.83. The molecule has 8 nitrogen and oxygen atoms in total. The third kappa shape index (κ3) is 3.20. The van der Waals surface area contributed by atoms with Crippen LogP contribution in [0.5, 0.6) is 0 Å². The fraction of sp³-hybridized carbons (Fsp3) is 0.105. The molecule has 0 bridgehead atoms. The van der Waals surface area contributed by atoms with Crippen LogP contribution in [-0.2, 0) is 6.54 Å². The van der Waals surface area contributed by atoms with Crippen molar-refractivity contribution in [3.63, 3.8) is 0 Å². The predicted octanol–water partition coefficient (Wildman–Crippen LogP) is 2.02. The van der Waals surface area contributed by atoms with E-state index in [1.54, 1.807) is 49.9 Å². The molecule has 0 N–H and O–H groups in total. The van der Waals surface area contributed by atoms with E-state index in [2.05, 4.69) is 15.1 Å². The summed E-state index contributed by atoms with van der Waals surface area (Å²) in [4.78, 5) is 34.8. The molecule has 0 atom stereocenters. The number of pyridine rings is 2. The summed E-state index contributed by atoms with van der Waals surface area (Å²) in [6.45, 7) is 0.174. The van der Waals surface area contributed by atoms with Gasteiger partial charge < -0.3 is 9.42 Å². The highest BCUT2D eigenvalue weighted by Crippen LogP contribution is 2.19. The van der Waals surface area contributed by atoms with E-state index < -0.39 is 11.5 Å². The second-order valence-corrected chi connectivity index (χ2v) is 5.98. The van der Waals surface area contributed by atoms with Crippen LogP contribution in [0.3, 0.4) is 0 Å². The van der Waals surface area contributed by atoms with Gasteiger partial charge in [0.05, 0.1) is 6.54 Å². The lowest BCUT2D eigenvalue weighted by atomic mass is 10.2. The summed E-state index contributed by atoms with van der Waals surface area (Å²) in [6, 6.07) is 10.6. The SMILES string of the molecule is CN(Cc1cc(-c2ccncc2)no1)C(=O)c1cnc2ccccn2c1=O. The Labute approximate surface area is 153 Å². The first-order chi connectivity index (χ1) is 13.1. The van der Waals surface area contributed by atoms with Crippen molar-refractivity contribution in [3.8, 4) is 11.3 Å². The maximum Gasteiger partial charge on any atom is 0.270 e. The number of aromatic nitrogens is 4. The number of nitrogens with zero attached hydrogens (tertiary/aromatic N) is 5. The van der Waals surface area contributed by atoms with Crippen LogP contribution in [0, 0.1) is 0 Å². The maximum atomic E-state index is 12.7. The van der Waals surface area contributed by atoms with Crippen LogP contribution in [0.25, 0.3) is 16.9 Å². The minimum Gasteiger partial charge on any atom is -0.359 e. The molecule has 0 aromatic carbocycles. The number of rotatable bonds is 4. The third-order valence-electron chi connectivity index (χ3n) is 4.12. The van der Waals surface area contributed by atoms with Crippen molar-refractivity contribution >= 4 is 11.6 Å². The van der Waals surface area contributed by atoms with E-state index in [0.717, 1.165) is 5.56 Å². The Morgan fingerprint density at radius 3 is 2.85 bits per heavy atom. The van der Waals surface area contributed by atoms with Gasteiger partial charge >= 0.3 is 0 Å². The second-order valence-electron chi connectivity index (χ2n) is 5.98. The Kier molecular flexibility index (Phi) is 4.21. The Bertz CT molecular complexity index is 1170. The van der Waals surface area contributed by atoms with E-state index in [0.29, 0.717) is 17.1 Å². The average Bonchev–Trinajstić information content (AvgIpc) is 3.17. The summed E-state index contributed by atoms with van der Waals surface area (Å²) in [5.41, 5.74) is 1.59. The predicted molar refractivity (Wildman–Crippen MR) is 97.0 cm³/mol. The van der Waals surface area contributed by atoms with Gasteiger partial charge in [-0.3, -0.25) is 19.0 Å². The molecule has 0 unspecified atom stereocenters. The topological polar surface area (TPSA) is 93.6 Å². The van der Waals surface area contributed by atoms with Crippen LogP contribution in [0.2, 0.25) is 0 Å². The summed E-state index contributed by atoms with van der Waals surface area (Å²) in [5.74, 6) is 0.0686. The third-order valence-corrected chi connectivity index (χ3v) is 4.12. The van der Waals surface area contributed by atoms with Gasteiger partial charge in [0.2, 0.25) is 0 Å². The fourth-order valence-electron chi connectivity index (χ4n) is 2.73. The van der Waals surface area contributed by atoms with Crippen LogP contribution in [0.1, 0.15) is 16.1 Å². The largest absolute Gasteiger partial charge is 0.359 e. The first-order valence-corrected chi connectivity index (χ1v) is 8.21. The molecule has 0 fully saturated rings. The molecule has 0 saturated carbocycles. The quantitative estimate of drug-likeness (QED) is 0.552. The zero-order chi connectivity index (χ0) is 18.8. The van der Waals surface area contributed by atoms with Crippen LogP contribution in [0.15, 0.2) is 70.5 Å². The molecule has 0 aliphatic heterocycles. The van der Waals surface area contributed by atoms with E-state index in [4.69, 9.17) is 4.52 Å². The van der Waals surface area contributed by atoms with E-state index in [9.17, 15) is 9.59 Å². The molecule has 4 heterocycles. The van der Waals surface area contributed by atoms with Crippen molar-refractivity contribution in [1.29, 1.82) is 0 Å². The zero-order valence-corrected chi connectivity index (χ0v) is 14.4. The molecule has 4 aromatic rings. The number of fused-ring (bicyclic) bond motifs is 1. The highest BCUT2D eigenvalue weighted by atomic mass is 16.5. The molecule has 0 aliphatic carbocycles. The molecule has 4 rings (SSSR count). The van der Waals surface area contributed by atoms with Crippen molar-refractivity contribution < 1.29 is 9.32 Å². The van der Waals surface area contributed by atoms with Crippen molar-refractivity contribution in [1.82, 2.24) is 24.4 Å². The van der Waals surface area contributed by atoms with Crippen LogP contribution >= 0.6 is 0 Å². The van der Waals surface area contributed by atoms with Gasteiger partial charge in [0.25, 0.3) is 11.5 Å².